The highest BCUT2D eigenvalue weighted by Gasteiger charge is 2.31. The summed E-state index contributed by atoms with van der Waals surface area (Å²) < 4.78 is 22.8. The van der Waals surface area contributed by atoms with Gasteiger partial charge in [-0.2, -0.15) is 0 Å². The fourth-order valence-corrected chi connectivity index (χ4v) is 3.69. The molecule has 1 aliphatic heterocycles. The molecule has 0 spiro atoms. The molecule has 0 radical (unpaired) electrons. The second-order valence-corrected chi connectivity index (χ2v) is 8.25. The second kappa shape index (κ2) is 8.26. The van der Waals surface area contributed by atoms with Gasteiger partial charge in [-0.25, -0.2) is 4.98 Å². The van der Waals surface area contributed by atoms with E-state index in [4.69, 9.17) is 18.9 Å². The number of rotatable bonds is 8. The van der Waals surface area contributed by atoms with Crippen molar-refractivity contribution >= 4 is 11.6 Å². The van der Waals surface area contributed by atoms with Crippen molar-refractivity contribution in [2.45, 2.75) is 44.3 Å². The van der Waals surface area contributed by atoms with Crippen molar-refractivity contribution in [3.8, 4) is 23.1 Å². The molecule has 2 aromatic rings. The summed E-state index contributed by atoms with van der Waals surface area (Å²) in [6.07, 6.45) is 6.58. The number of benzene rings is 1. The first-order valence-corrected chi connectivity index (χ1v) is 10.7. The highest BCUT2D eigenvalue weighted by Crippen LogP contribution is 2.37. The topological polar surface area (TPSA) is 90.4 Å². The molecule has 8 nitrogen and oxygen atoms in total. The normalized spacial score (nSPS) is 19.2. The number of amides is 1. The second-order valence-electron chi connectivity index (χ2n) is 8.25. The zero-order valence-corrected chi connectivity index (χ0v) is 17.5. The molecule has 2 saturated carbocycles. The van der Waals surface area contributed by atoms with Crippen molar-refractivity contribution in [3.63, 3.8) is 0 Å². The van der Waals surface area contributed by atoms with Crippen LogP contribution in [0.5, 0.6) is 23.1 Å². The van der Waals surface area contributed by atoms with Gasteiger partial charge in [0.2, 0.25) is 5.88 Å². The third-order valence-electron chi connectivity index (χ3n) is 6.04. The molecule has 1 aromatic heterocycles. The van der Waals surface area contributed by atoms with Crippen LogP contribution in [0.15, 0.2) is 30.5 Å². The number of anilines is 1. The van der Waals surface area contributed by atoms with Crippen LogP contribution >= 0.6 is 0 Å². The van der Waals surface area contributed by atoms with Crippen LogP contribution in [0.4, 0.5) is 5.69 Å². The van der Waals surface area contributed by atoms with E-state index in [9.17, 15) is 9.90 Å². The minimum Gasteiger partial charge on any atom is -0.493 e. The third kappa shape index (κ3) is 4.12. The van der Waals surface area contributed by atoms with Crippen LogP contribution in [0.25, 0.3) is 0 Å². The van der Waals surface area contributed by atoms with E-state index in [2.05, 4.69) is 4.98 Å². The van der Waals surface area contributed by atoms with Crippen molar-refractivity contribution in [2.24, 2.45) is 5.92 Å². The van der Waals surface area contributed by atoms with E-state index in [1.165, 1.54) is 17.5 Å². The fourth-order valence-electron chi connectivity index (χ4n) is 3.69. The number of hydrogen-bond acceptors (Lipinski definition) is 7. The third-order valence-corrected chi connectivity index (χ3v) is 6.04. The number of nitrogens with zero attached hydrogens (tertiary/aromatic N) is 2. The fraction of sp³-hybridized carbons (Fsp3) is 0.478. The van der Waals surface area contributed by atoms with Gasteiger partial charge in [-0.1, -0.05) is 0 Å². The summed E-state index contributed by atoms with van der Waals surface area (Å²) in [5.41, 5.74) is 1.01. The van der Waals surface area contributed by atoms with Crippen molar-refractivity contribution in [3.05, 3.63) is 36.0 Å². The minimum atomic E-state index is -0.469. The zero-order valence-electron chi connectivity index (χ0n) is 17.5. The number of hydrogen-bond donors (Lipinski definition) is 1. The van der Waals surface area contributed by atoms with E-state index in [0.29, 0.717) is 40.3 Å². The van der Waals surface area contributed by atoms with Crippen LogP contribution in [0.2, 0.25) is 0 Å². The smallest absolute Gasteiger partial charge is 0.266 e. The van der Waals surface area contributed by atoms with Gasteiger partial charge < -0.3 is 24.1 Å². The maximum absolute atomic E-state index is 13.1. The molecule has 2 heterocycles. The number of ether oxygens (including phenoxy) is 4. The molecule has 0 bridgehead atoms. The van der Waals surface area contributed by atoms with Gasteiger partial charge in [-0.15, -0.1) is 0 Å². The van der Waals surface area contributed by atoms with Gasteiger partial charge in [0.05, 0.1) is 18.9 Å². The molecule has 31 heavy (non-hydrogen) atoms. The lowest BCUT2D eigenvalue weighted by Crippen LogP contribution is -2.38. The average Bonchev–Trinajstić information content (AvgIpc) is 3.60. The van der Waals surface area contributed by atoms with Crippen LogP contribution in [0, 0.1) is 5.92 Å². The van der Waals surface area contributed by atoms with E-state index < -0.39 is 6.10 Å². The molecule has 0 saturated heterocycles. The Labute approximate surface area is 180 Å². The Bertz CT molecular complexity index is 973. The van der Waals surface area contributed by atoms with E-state index >= 15 is 0 Å². The Morgan fingerprint density at radius 2 is 2.06 bits per heavy atom. The van der Waals surface area contributed by atoms with Crippen molar-refractivity contribution < 1.29 is 28.8 Å². The monoisotopic (exact) mass is 426 g/mol. The van der Waals surface area contributed by atoms with Gasteiger partial charge in [0.25, 0.3) is 5.91 Å². The molecule has 3 aliphatic rings. The average molecular weight is 426 g/mol. The van der Waals surface area contributed by atoms with E-state index in [-0.39, 0.29) is 25.3 Å². The summed E-state index contributed by atoms with van der Waals surface area (Å²) in [5, 5.41) is 10.0. The molecule has 1 atom stereocenters. The van der Waals surface area contributed by atoms with E-state index in [0.717, 1.165) is 25.7 Å². The van der Waals surface area contributed by atoms with Gasteiger partial charge in [-0.3, -0.25) is 9.69 Å². The number of pyridine rings is 1. The van der Waals surface area contributed by atoms with Crippen LogP contribution < -0.4 is 23.8 Å². The van der Waals surface area contributed by atoms with Crippen LogP contribution in [0.1, 0.15) is 42.5 Å². The summed E-state index contributed by atoms with van der Waals surface area (Å²) in [4.78, 5) is 18.9. The lowest BCUT2D eigenvalue weighted by molar-refractivity contribution is 0.0879. The summed E-state index contributed by atoms with van der Waals surface area (Å²) in [5.74, 6) is 2.11. The van der Waals surface area contributed by atoms with Crippen LogP contribution in [-0.2, 0) is 0 Å². The maximum Gasteiger partial charge on any atom is 0.266 e. The molecule has 1 aromatic carbocycles. The number of aliphatic hydroxyl groups is 1. The first-order valence-electron chi connectivity index (χ1n) is 10.7. The van der Waals surface area contributed by atoms with Gasteiger partial charge in [0.1, 0.15) is 24.0 Å². The first-order chi connectivity index (χ1) is 15.1. The Balaban J connectivity index is 1.30. The molecule has 2 aliphatic carbocycles. The largest absolute Gasteiger partial charge is 0.493 e. The minimum absolute atomic E-state index is 0.0719. The number of carbonyl (C=O) groups is 1. The van der Waals surface area contributed by atoms with Gasteiger partial charge in [-0.05, 0) is 50.2 Å². The first kappa shape index (κ1) is 19.9. The molecule has 8 heteroatoms. The zero-order chi connectivity index (χ0) is 21.4. The molecular weight excluding hydrogens is 400 g/mol. The number of methoxy groups -OCH3 is 1. The quantitative estimate of drug-likeness (QED) is 0.693. The summed E-state index contributed by atoms with van der Waals surface area (Å²) >= 11 is 0. The van der Waals surface area contributed by atoms with E-state index in [1.54, 1.807) is 31.4 Å². The maximum atomic E-state index is 13.1. The van der Waals surface area contributed by atoms with Crippen molar-refractivity contribution in [1.82, 2.24) is 4.98 Å². The Morgan fingerprint density at radius 3 is 2.77 bits per heavy atom. The predicted octanol–water partition coefficient (Wildman–Crippen LogP) is 3.17. The van der Waals surface area contributed by atoms with Crippen LogP contribution in [-0.4, -0.2) is 48.7 Å². The van der Waals surface area contributed by atoms with Gasteiger partial charge in [0.15, 0.2) is 18.2 Å². The Kier molecular flexibility index (Phi) is 5.31. The highest BCUT2D eigenvalue weighted by molar-refractivity contribution is 6.08. The Hall–Kier alpha value is -3.00. The molecule has 2 fully saturated rings. The SMILES string of the molecule is COc1cc(N2COc3cc(OC4CCC4)ncc3C2=O)ccc1OC[C@H](O)C1CC1. The highest BCUT2D eigenvalue weighted by atomic mass is 16.5. The molecule has 1 amide bonds. The van der Waals surface area contributed by atoms with E-state index in [1.807, 2.05) is 0 Å². The number of aromatic nitrogens is 1. The molecule has 0 unspecified atom stereocenters. The summed E-state index contributed by atoms with van der Waals surface area (Å²) in [6.45, 7) is 0.291. The van der Waals surface area contributed by atoms with Crippen molar-refractivity contribution in [2.75, 3.05) is 25.3 Å². The van der Waals surface area contributed by atoms with Crippen LogP contribution in [0.3, 0.4) is 0 Å². The predicted molar refractivity (Wildman–Crippen MR) is 112 cm³/mol. The lowest BCUT2D eigenvalue weighted by Gasteiger charge is -2.30. The van der Waals surface area contributed by atoms with Crippen molar-refractivity contribution in [1.29, 1.82) is 0 Å². The number of carbonyl (C=O) groups excluding carboxylic acids is 1. The molecule has 1 N–H and O–H groups in total. The lowest BCUT2D eigenvalue weighted by atomic mass is 9.96. The molecular formula is C23H26N2O6. The molecule has 5 rings (SSSR count). The number of fused-ring (bicyclic) bond motifs is 1. The Morgan fingerprint density at radius 1 is 1.23 bits per heavy atom. The van der Waals surface area contributed by atoms with Gasteiger partial charge in [0, 0.05) is 18.3 Å². The molecule has 164 valence electrons. The number of aliphatic hydroxyl groups excluding tert-OH is 1. The standard InChI is InChI=1S/C23H26N2O6/c1-28-21-9-15(7-8-19(21)29-12-18(26)14-5-6-14)25-13-30-20-10-22(31-16-3-2-4-16)24-11-17(20)23(25)27/h7-11,14,16,18,26H,2-6,12-13H2,1H3/t18-/m0/s1. The summed E-state index contributed by atoms with van der Waals surface area (Å²) in [6, 6.07) is 6.93. The summed E-state index contributed by atoms with van der Waals surface area (Å²) in [7, 11) is 1.54. The van der Waals surface area contributed by atoms with Gasteiger partial charge >= 0.3 is 0 Å².